The van der Waals surface area contributed by atoms with Crippen molar-refractivity contribution in [3.05, 3.63) is 58.3 Å². The van der Waals surface area contributed by atoms with Gasteiger partial charge in [-0.3, -0.25) is 9.59 Å². The van der Waals surface area contributed by atoms with Gasteiger partial charge in [0, 0.05) is 5.69 Å². The molecule has 1 heterocycles. The van der Waals surface area contributed by atoms with Gasteiger partial charge in [0.15, 0.2) is 0 Å². The van der Waals surface area contributed by atoms with Gasteiger partial charge in [-0.1, -0.05) is 42.1 Å². The number of alkyl halides is 3. The largest absolute Gasteiger partial charge is 0.480 e. The van der Waals surface area contributed by atoms with E-state index in [0.717, 1.165) is 5.56 Å². The van der Waals surface area contributed by atoms with Crippen molar-refractivity contribution in [3.8, 4) is 6.07 Å². The molecule has 1 atom stereocenters. The number of carbonyl (C=O) groups excluding carboxylic acids is 1. The molecule has 0 saturated carbocycles. The molecule has 1 aliphatic carbocycles. The molecule has 31 heavy (non-hydrogen) atoms. The summed E-state index contributed by atoms with van der Waals surface area (Å²) >= 11 is 0.693. The Labute approximate surface area is 180 Å². The summed E-state index contributed by atoms with van der Waals surface area (Å²) in [6, 6.07) is 10.9. The first-order valence-electron chi connectivity index (χ1n) is 9.40. The second kappa shape index (κ2) is 9.39. The van der Waals surface area contributed by atoms with Crippen LogP contribution < -0.4 is 5.32 Å². The van der Waals surface area contributed by atoms with Gasteiger partial charge in [0.05, 0.1) is 16.9 Å². The Bertz CT molecular complexity index is 1040. The summed E-state index contributed by atoms with van der Waals surface area (Å²) in [5.41, 5.74) is -0.339. The van der Waals surface area contributed by atoms with E-state index < -0.39 is 35.7 Å². The van der Waals surface area contributed by atoms with Crippen LogP contribution in [0.2, 0.25) is 0 Å². The Morgan fingerprint density at radius 3 is 2.61 bits per heavy atom. The normalized spacial score (nSPS) is 15.6. The topological polar surface area (TPSA) is 103 Å². The number of amides is 1. The number of aliphatic carboxylic acids is 1. The first kappa shape index (κ1) is 22.6. The zero-order valence-electron chi connectivity index (χ0n) is 16.2. The molecule has 0 bridgehead atoms. The fourth-order valence-electron chi connectivity index (χ4n) is 3.62. The third kappa shape index (κ3) is 5.35. The van der Waals surface area contributed by atoms with E-state index in [1.54, 1.807) is 6.07 Å². The molecule has 0 unspecified atom stereocenters. The Morgan fingerprint density at radius 2 is 2.00 bits per heavy atom. The molecular formula is C21H18F3N3O3S. The van der Waals surface area contributed by atoms with Crippen LogP contribution >= 0.6 is 11.8 Å². The number of halogens is 3. The second-order valence-electron chi connectivity index (χ2n) is 7.01. The molecule has 0 aliphatic heterocycles. The van der Waals surface area contributed by atoms with Crippen LogP contribution in [0.4, 0.5) is 13.2 Å². The maximum absolute atomic E-state index is 14.0. The number of nitrogens with zero attached hydrogens (tertiary/aromatic N) is 2. The van der Waals surface area contributed by atoms with Crippen molar-refractivity contribution >= 4 is 23.6 Å². The van der Waals surface area contributed by atoms with E-state index in [4.69, 9.17) is 5.11 Å². The number of aromatic nitrogens is 1. The molecule has 6 nitrogen and oxygen atoms in total. The molecule has 0 spiro atoms. The highest BCUT2D eigenvalue weighted by molar-refractivity contribution is 8.00. The van der Waals surface area contributed by atoms with Crippen molar-refractivity contribution in [2.45, 2.75) is 36.4 Å². The summed E-state index contributed by atoms with van der Waals surface area (Å²) in [6.45, 7) is -0.600. The van der Waals surface area contributed by atoms with Crippen molar-refractivity contribution in [2.75, 3.05) is 12.3 Å². The monoisotopic (exact) mass is 449 g/mol. The van der Waals surface area contributed by atoms with E-state index in [1.165, 1.54) is 0 Å². The zero-order valence-corrected chi connectivity index (χ0v) is 17.0. The lowest BCUT2D eigenvalue weighted by molar-refractivity contribution is -0.139. The highest BCUT2D eigenvalue weighted by Gasteiger charge is 2.41. The van der Waals surface area contributed by atoms with E-state index >= 15 is 0 Å². The lowest BCUT2D eigenvalue weighted by Gasteiger charge is -2.28. The Kier molecular flexibility index (Phi) is 6.85. The van der Waals surface area contributed by atoms with Gasteiger partial charge < -0.3 is 10.4 Å². The minimum Gasteiger partial charge on any atom is -0.480 e. The number of thioether (sulfide) groups is 1. The molecule has 3 rings (SSSR count). The van der Waals surface area contributed by atoms with Gasteiger partial charge in [-0.05, 0) is 36.3 Å². The van der Waals surface area contributed by atoms with E-state index in [0.29, 0.717) is 24.6 Å². The van der Waals surface area contributed by atoms with Crippen LogP contribution in [-0.4, -0.2) is 34.3 Å². The number of aryl methyl sites for hydroxylation is 1. The van der Waals surface area contributed by atoms with Crippen LogP contribution in [0.15, 0.2) is 35.4 Å². The van der Waals surface area contributed by atoms with Gasteiger partial charge in [0.2, 0.25) is 5.91 Å². The minimum absolute atomic E-state index is 0.0313. The quantitative estimate of drug-likeness (QED) is 0.654. The molecular weight excluding hydrogens is 431 g/mol. The summed E-state index contributed by atoms with van der Waals surface area (Å²) in [5, 5.41) is 20.1. The van der Waals surface area contributed by atoms with Crippen molar-refractivity contribution in [3.63, 3.8) is 0 Å². The van der Waals surface area contributed by atoms with Gasteiger partial charge in [0.1, 0.15) is 17.6 Å². The summed E-state index contributed by atoms with van der Waals surface area (Å²) in [7, 11) is 0. The van der Waals surface area contributed by atoms with Crippen LogP contribution in [0.25, 0.3) is 0 Å². The lowest BCUT2D eigenvalue weighted by Crippen LogP contribution is -2.30. The van der Waals surface area contributed by atoms with Crippen LogP contribution in [0.3, 0.4) is 0 Å². The van der Waals surface area contributed by atoms with Crippen LogP contribution in [0.5, 0.6) is 0 Å². The smallest absolute Gasteiger partial charge is 0.418 e. The number of nitriles is 1. The fraction of sp³-hybridized carbons (Fsp3) is 0.333. The summed E-state index contributed by atoms with van der Waals surface area (Å²) in [4.78, 5) is 26.6. The molecule has 1 aliphatic rings. The number of carboxylic acids is 1. The first-order valence-corrected chi connectivity index (χ1v) is 10.4. The van der Waals surface area contributed by atoms with Gasteiger partial charge in [-0.25, -0.2) is 4.98 Å². The average molecular weight is 449 g/mol. The van der Waals surface area contributed by atoms with Crippen molar-refractivity contribution in [1.82, 2.24) is 10.3 Å². The third-order valence-electron chi connectivity index (χ3n) is 4.97. The van der Waals surface area contributed by atoms with E-state index in [9.17, 15) is 28.0 Å². The molecule has 162 valence electrons. The molecule has 1 aromatic carbocycles. The fourth-order valence-corrected chi connectivity index (χ4v) is 4.46. The number of hydrogen-bond donors (Lipinski definition) is 2. The lowest BCUT2D eigenvalue weighted by atomic mass is 9.79. The Balaban J connectivity index is 1.95. The van der Waals surface area contributed by atoms with Crippen molar-refractivity contribution in [2.24, 2.45) is 0 Å². The number of pyridine rings is 1. The summed E-state index contributed by atoms with van der Waals surface area (Å²) in [5.74, 6) is -2.37. The maximum atomic E-state index is 14.0. The molecule has 0 fully saturated rings. The van der Waals surface area contributed by atoms with Crippen LogP contribution in [-0.2, 0) is 28.6 Å². The van der Waals surface area contributed by atoms with Crippen molar-refractivity contribution < 1.29 is 27.9 Å². The number of carbonyl (C=O) groups is 2. The molecule has 2 aromatic rings. The Hall–Kier alpha value is -3.06. The van der Waals surface area contributed by atoms with Gasteiger partial charge in [0.25, 0.3) is 0 Å². The van der Waals surface area contributed by atoms with E-state index in [1.807, 2.05) is 30.3 Å². The van der Waals surface area contributed by atoms with Gasteiger partial charge in [-0.15, -0.1) is 0 Å². The van der Waals surface area contributed by atoms with Crippen LogP contribution in [0, 0.1) is 11.3 Å². The standard InChI is InChI=1S/C21H18F3N3O3S/c22-21(23,24)19-14-8-13(12-4-2-1-3-5-12)6-7-16(14)27-20(15(19)9-25)31-11-17(28)26-10-18(29)30/h1-5,13H,6-8,10-11H2,(H,26,28)(H,29,30)/t13-/m0/s1. The highest BCUT2D eigenvalue weighted by atomic mass is 32.2. The molecule has 1 aromatic heterocycles. The molecule has 2 N–H and O–H groups in total. The summed E-state index contributed by atoms with van der Waals surface area (Å²) in [6.07, 6.45) is -3.68. The molecule has 0 saturated heterocycles. The third-order valence-corrected chi connectivity index (χ3v) is 5.95. The molecule has 10 heteroatoms. The van der Waals surface area contributed by atoms with Gasteiger partial charge >= 0.3 is 12.1 Å². The number of hydrogen-bond acceptors (Lipinski definition) is 5. The Morgan fingerprint density at radius 1 is 1.29 bits per heavy atom. The number of rotatable bonds is 6. The van der Waals surface area contributed by atoms with E-state index in [-0.39, 0.29) is 34.4 Å². The maximum Gasteiger partial charge on any atom is 0.418 e. The van der Waals surface area contributed by atoms with Gasteiger partial charge in [-0.2, -0.15) is 18.4 Å². The molecule has 0 radical (unpaired) electrons. The van der Waals surface area contributed by atoms with E-state index in [2.05, 4.69) is 10.3 Å². The predicted molar refractivity (Wildman–Crippen MR) is 107 cm³/mol. The number of benzene rings is 1. The number of nitrogens with one attached hydrogen (secondary N) is 1. The second-order valence-corrected chi connectivity index (χ2v) is 7.98. The first-order chi connectivity index (χ1) is 14.7. The highest BCUT2D eigenvalue weighted by Crippen LogP contribution is 2.43. The summed E-state index contributed by atoms with van der Waals surface area (Å²) < 4.78 is 42.0. The minimum atomic E-state index is -4.75. The van der Waals surface area contributed by atoms with Crippen molar-refractivity contribution in [1.29, 1.82) is 5.26 Å². The number of carboxylic acid groups (broad SMARTS) is 1. The predicted octanol–water partition coefficient (Wildman–Crippen LogP) is 3.54. The average Bonchev–Trinajstić information content (AvgIpc) is 2.74. The zero-order chi connectivity index (χ0) is 22.6. The number of fused-ring (bicyclic) bond motifs is 1. The molecule has 1 amide bonds. The SMILES string of the molecule is N#Cc1c(SCC(=O)NCC(=O)O)nc2c(c1C(F)(F)F)C[C@@H](c1ccccc1)CC2. The van der Waals surface area contributed by atoms with Crippen LogP contribution in [0.1, 0.15) is 40.3 Å².